The standard InChI is InChI=1S/C22H17N3O3/c23-13-15-5-1-2-6-16(15)14-25-18-8-4-3-7-17(18)21(24-25)19-9-10-20(28-19)22-26-11-12-27-22/h1-10,22H,11-12,14H2. The molecule has 3 heterocycles. The number of nitrogens with zero attached hydrogens (tertiary/aromatic N) is 3. The van der Waals surface area contributed by atoms with Crippen molar-refractivity contribution >= 4 is 10.9 Å². The van der Waals surface area contributed by atoms with Crippen LogP contribution in [-0.2, 0) is 16.0 Å². The van der Waals surface area contributed by atoms with Crippen LogP contribution in [0, 0.1) is 11.3 Å². The molecule has 1 fully saturated rings. The smallest absolute Gasteiger partial charge is 0.217 e. The highest BCUT2D eigenvalue weighted by atomic mass is 16.7. The molecule has 1 aliphatic rings. The predicted octanol–water partition coefficient (Wildman–Crippen LogP) is 4.26. The molecule has 6 heteroatoms. The molecule has 6 nitrogen and oxygen atoms in total. The summed E-state index contributed by atoms with van der Waals surface area (Å²) >= 11 is 0. The van der Waals surface area contributed by atoms with E-state index in [0.717, 1.165) is 22.2 Å². The Labute approximate surface area is 161 Å². The minimum atomic E-state index is -0.454. The highest BCUT2D eigenvalue weighted by molar-refractivity contribution is 5.92. The fraction of sp³-hybridized carbons (Fsp3) is 0.182. The quantitative estimate of drug-likeness (QED) is 0.536. The summed E-state index contributed by atoms with van der Waals surface area (Å²) < 4.78 is 18.9. The van der Waals surface area contributed by atoms with E-state index in [2.05, 4.69) is 6.07 Å². The SMILES string of the molecule is N#Cc1ccccc1Cn1nc(-c2ccc(C3OCCO3)o2)c2ccccc21. The van der Waals surface area contributed by atoms with Gasteiger partial charge >= 0.3 is 0 Å². The molecule has 4 aromatic rings. The highest BCUT2D eigenvalue weighted by Crippen LogP contribution is 2.33. The van der Waals surface area contributed by atoms with Gasteiger partial charge in [0, 0.05) is 5.39 Å². The minimum Gasteiger partial charge on any atom is -0.454 e. The zero-order chi connectivity index (χ0) is 18.9. The van der Waals surface area contributed by atoms with E-state index >= 15 is 0 Å². The summed E-state index contributed by atoms with van der Waals surface area (Å²) in [6.45, 7) is 1.64. The molecule has 2 aromatic carbocycles. The van der Waals surface area contributed by atoms with Crippen LogP contribution in [0.5, 0.6) is 0 Å². The Morgan fingerprint density at radius 2 is 1.79 bits per heavy atom. The van der Waals surface area contributed by atoms with E-state index in [0.29, 0.717) is 36.8 Å². The predicted molar refractivity (Wildman–Crippen MR) is 102 cm³/mol. The first kappa shape index (κ1) is 16.8. The van der Waals surface area contributed by atoms with E-state index < -0.39 is 6.29 Å². The first-order chi connectivity index (χ1) is 13.8. The van der Waals surface area contributed by atoms with E-state index in [1.807, 2.05) is 65.3 Å². The maximum absolute atomic E-state index is 9.38. The Hall–Kier alpha value is -3.40. The molecule has 0 aliphatic carbocycles. The fourth-order valence-electron chi connectivity index (χ4n) is 3.49. The van der Waals surface area contributed by atoms with Crippen molar-refractivity contribution < 1.29 is 13.9 Å². The number of hydrogen-bond donors (Lipinski definition) is 0. The van der Waals surface area contributed by atoms with E-state index in [1.165, 1.54) is 0 Å². The number of hydrogen-bond acceptors (Lipinski definition) is 5. The van der Waals surface area contributed by atoms with E-state index in [1.54, 1.807) is 0 Å². The van der Waals surface area contributed by atoms with Gasteiger partial charge in [0.25, 0.3) is 0 Å². The lowest BCUT2D eigenvalue weighted by Crippen LogP contribution is -2.03. The molecule has 1 saturated heterocycles. The first-order valence-electron chi connectivity index (χ1n) is 9.10. The summed E-state index contributed by atoms with van der Waals surface area (Å²) in [5.41, 5.74) is 3.32. The molecule has 0 spiro atoms. The van der Waals surface area contributed by atoms with E-state index in [4.69, 9.17) is 19.0 Å². The molecule has 138 valence electrons. The van der Waals surface area contributed by atoms with Crippen LogP contribution in [0.15, 0.2) is 65.1 Å². The van der Waals surface area contributed by atoms with Gasteiger partial charge < -0.3 is 13.9 Å². The van der Waals surface area contributed by atoms with Crippen molar-refractivity contribution in [1.29, 1.82) is 5.26 Å². The van der Waals surface area contributed by atoms with Gasteiger partial charge in [0.15, 0.2) is 11.5 Å². The second kappa shape index (κ2) is 6.97. The molecule has 0 N–H and O–H groups in total. The zero-order valence-electron chi connectivity index (χ0n) is 15.0. The Balaban J connectivity index is 1.57. The number of benzene rings is 2. The molecule has 0 radical (unpaired) electrons. The molecule has 2 aromatic heterocycles. The van der Waals surface area contributed by atoms with Gasteiger partial charge in [-0.3, -0.25) is 4.68 Å². The third-order valence-electron chi connectivity index (χ3n) is 4.83. The third-order valence-corrected chi connectivity index (χ3v) is 4.83. The largest absolute Gasteiger partial charge is 0.454 e. The summed E-state index contributed by atoms with van der Waals surface area (Å²) in [5, 5.41) is 15.2. The summed E-state index contributed by atoms with van der Waals surface area (Å²) in [7, 11) is 0. The van der Waals surface area contributed by atoms with Gasteiger partial charge in [0.2, 0.25) is 6.29 Å². The van der Waals surface area contributed by atoms with Crippen molar-refractivity contribution in [3.8, 4) is 17.5 Å². The molecular formula is C22H17N3O3. The summed E-state index contributed by atoms with van der Waals surface area (Å²) in [4.78, 5) is 0. The van der Waals surface area contributed by atoms with Gasteiger partial charge in [-0.25, -0.2) is 0 Å². The van der Waals surface area contributed by atoms with Crippen molar-refractivity contribution in [2.75, 3.05) is 13.2 Å². The Morgan fingerprint density at radius 1 is 1.00 bits per heavy atom. The molecule has 1 aliphatic heterocycles. The number of para-hydroxylation sites is 1. The van der Waals surface area contributed by atoms with Crippen LogP contribution in [0.3, 0.4) is 0 Å². The van der Waals surface area contributed by atoms with E-state index in [9.17, 15) is 5.26 Å². The van der Waals surface area contributed by atoms with Crippen LogP contribution >= 0.6 is 0 Å². The maximum Gasteiger partial charge on any atom is 0.217 e. The van der Waals surface area contributed by atoms with Crippen LogP contribution in [0.1, 0.15) is 23.2 Å². The zero-order valence-corrected chi connectivity index (χ0v) is 15.0. The van der Waals surface area contributed by atoms with Crippen molar-refractivity contribution in [3.63, 3.8) is 0 Å². The Bertz CT molecular complexity index is 1180. The minimum absolute atomic E-state index is 0.454. The molecule has 0 saturated carbocycles. The van der Waals surface area contributed by atoms with Crippen molar-refractivity contribution in [2.24, 2.45) is 0 Å². The monoisotopic (exact) mass is 371 g/mol. The van der Waals surface area contributed by atoms with Crippen molar-refractivity contribution in [1.82, 2.24) is 9.78 Å². The molecule has 0 atom stereocenters. The third kappa shape index (κ3) is 2.87. The lowest BCUT2D eigenvalue weighted by Gasteiger charge is -2.05. The molecule has 5 rings (SSSR count). The van der Waals surface area contributed by atoms with Gasteiger partial charge in [0.05, 0.1) is 36.9 Å². The van der Waals surface area contributed by atoms with Crippen LogP contribution in [0.4, 0.5) is 0 Å². The average Bonchev–Trinajstić information content (AvgIpc) is 3.48. The van der Waals surface area contributed by atoms with Crippen LogP contribution in [-0.4, -0.2) is 23.0 Å². The Kier molecular flexibility index (Phi) is 4.17. The molecule has 28 heavy (non-hydrogen) atoms. The van der Waals surface area contributed by atoms with Gasteiger partial charge in [0.1, 0.15) is 5.69 Å². The van der Waals surface area contributed by atoms with Gasteiger partial charge in [-0.1, -0.05) is 36.4 Å². The number of nitriles is 1. The molecule has 0 bridgehead atoms. The number of ether oxygens (including phenoxy) is 2. The molecule has 0 amide bonds. The average molecular weight is 371 g/mol. The first-order valence-corrected chi connectivity index (χ1v) is 9.10. The summed E-state index contributed by atoms with van der Waals surface area (Å²) in [6.07, 6.45) is -0.454. The topological polar surface area (TPSA) is 73.2 Å². The number of rotatable bonds is 4. The summed E-state index contributed by atoms with van der Waals surface area (Å²) in [5.74, 6) is 1.30. The lowest BCUT2D eigenvalue weighted by molar-refractivity contribution is -0.0585. The normalized spacial score (nSPS) is 14.5. The molecule has 0 unspecified atom stereocenters. The van der Waals surface area contributed by atoms with Gasteiger partial charge in [-0.15, -0.1) is 0 Å². The van der Waals surface area contributed by atoms with Crippen LogP contribution in [0.2, 0.25) is 0 Å². The fourth-order valence-corrected chi connectivity index (χ4v) is 3.49. The van der Waals surface area contributed by atoms with Crippen molar-refractivity contribution in [2.45, 2.75) is 12.8 Å². The van der Waals surface area contributed by atoms with Crippen LogP contribution < -0.4 is 0 Å². The number of furan rings is 1. The molecular weight excluding hydrogens is 354 g/mol. The lowest BCUT2D eigenvalue weighted by atomic mass is 10.1. The van der Waals surface area contributed by atoms with Crippen LogP contribution in [0.25, 0.3) is 22.4 Å². The van der Waals surface area contributed by atoms with Gasteiger partial charge in [-0.05, 0) is 29.8 Å². The number of fused-ring (bicyclic) bond motifs is 1. The van der Waals surface area contributed by atoms with Gasteiger partial charge in [-0.2, -0.15) is 10.4 Å². The van der Waals surface area contributed by atoms with E-state index in [-0.39, 0.29) is 0 Å². The Morgan fingerprint density at radius 3 is 2.64 bits per heavy atom. The number of aromatic nitrogens is 2. The maximum atomic E-state index is 9.38. The van der Waals surface area contributed by atoms with Crippen molar-refractivity contribution in [3.05, 3.63) is 77.6 Å². The highest BCUT2D eigenvalue weighted by Gasteiger charge is 2.23. The summed E-state index contributed by atoms with van der Waals surface area (Å²) in [6, 6.07) is 21.6. The second-order valence-electron chi connectivity index (χ2n) is 6.57. The second-order valence-corrected chi connectivity index (χ2v) is 6.57.